The zero-order valence-corrected chi connectivity index (χ0v) is 10.9. The van der Waals surface area contributed by atoms with E-state index in [1.807, 2.05) is 0 Å². The molecule has 16 heavy (non-hydrogen) atoms. The van der Waals surface area contributed by atoms with Crippen molar-refractivity contribution in [3.63, 3.8) is 0 Å². The summed E-state index contributed by atoms with van der Waals surface area (Å²) in [6.07, 6.45) is 3.97. The lowest BCUT2D eigenvalue weighted by Gasteiger charge is -2.39. The maximum absolute atomic E-state index is 6.39. The van der Waals surface area contributed by atoms with Crippen LogP contribution in [-0.4, -0.2) is 54.6 Å². The van der Waals surface area contributed by atoms with Crippen LogP contribution in [0.4, 0.5) is 0 Å². The van der Waals surface area contributed by atoms with Crippen LogP contribution >= 0.6 is 0 Å². The molecule has 1 atom stereocenters. The third-order valence-electron chi connectivity index (χ3n) is 4.08. The first-order valence-electron chi connectivity index (χ1n) is 6.85. The van der Waals surface area contributed by atoms with Crippen molar-refractivity contribution in [1.29, 1.82) is 0 Å². The van der Waals surface area contributed by atoms with Crippen LogP contribution in [0.5, 0.6) is 0 Å². The molecule has 1 saturated heterocycles. The van der Waals surface area contributed by atoms with E-state index in [9.17, 15) is 0 Å². The third-order valence-corrected chi connectivity index (χ3v) is 4.08. The smallest absolute Gasteiger partial charge is 0.0283 e. The van der Waals surface area contributed by atoms with Gasteiger partial charge >= 0.3 is 0 Å². The van der Waals surface area contributed by atoms with Crippen molar-refractivity contribution in [2.75, 3.05) is 39.3 Å². The van der Waals surface area contributed by atoms with E-state index in [2.05, 4.69) is 23.6 Å². The zero-order valence-electron chi connectivity index (χ0n) is 10.9. The van der Waals surface area contributed by atoms with Gasteiger partial charge in [-0.1, -0.05) is 6.92 Å². The Balaban J connectivity index is 1.72. The van der Waals surface area contributed by atoms with Gasteiger partial charge < -0.3 is 10.6 Å². The summed E-state index contributed by atoms with van der Waals surface area (Å²) in [6.45, 7) is 11.7. The summed E-state index contributed by atoms with van der Waals surface area (Å²) in [4.78, 5) is 5.13. The van der Waals surface area contributed by atoms with E-state index >= 15 is 0 Å². The second-order valence-corrected chi connectivity index (χ2v) is 5.90. The van der Waals surface area contributed by atoms with Crippen molar-refractivity contribution in [2.24, 2.45) is 11.7 Å². The van der Waals surface area contributed by atoms with Gasteiger partial charge in [-0.15, -0.1) is 0 Å². The Morgan fingerprint density at radius 3 is 2.19 bits per heavy atom. The van der Waals surface area contributed by atoms with Crippen LogP contribution in [0.3, 0.4) is 0 Å². The van der Waals surface area contributed by atoms with Crippen molar-refractivity contribution in [3.05, 3.63) is 0 Å². The third kappa shape index (κ3) is 3.19. The molecule has 0 aromatic rings. The average Bonchev–Trinajstić information content (AvgIpc) is 3.04. The molecule has 1 aliphatic carbocycles. The highest BCUT2D eigenvalue weighted by Gasteiger charge is 2.39. The monoisotopic (exact) mass is 225 g/mol. The Hall–Kier alpha value is -0.120. The fourth-order valence-electron chi connectivity index (χ4n) is 2.84. The molecule has 3 nitrogen and oxygen atoms in total. The predicted molar refractivity (Wildman–Crippen MR) is 68.5 cm³/mol. The lowest BCUT2D eigenvalue weighted by Crippen LogP contribution is -2.55. The van der Waals surface area contributed by atoms with Crippen molar-refractivity contribution in [2.45, 2.75) is 38.6 Å². The summed E-state index contributed by atoms with van der Waals surface area (Å²) in [5.74, 6) is 0.793. The summed E-state index contributed by atoms with van der Waals surface area (Å²) in [5.41, 5.74) is 6.45. The van der Waals surface area contributed by atoms with E-state index < -0.39 is 0 Å². The minimum Gasteiger partial charge on any atom is -0.324 e. The van der Waals surface area contributed by atoms with Crippen LogP contribution in [0.1, 0.15) is 33.1 Å². The molecule has 1 aliphatic heterocycles. The minimum absolute atomic E-state index is 0.0624. The van der Waals surface area contributed by atoms with Crippen molar-refractivity contribution < 1.29 is 0 Å². The first-order chi connectivity index (χ1) is 7.62. The Kier molecular flexibility index (Phi) is 3.88. The molecule has 0 amide bonds. The van der Waals surface area contributed by atoms with Crippen molar-refractivity contribution in [3.8, 4) is 0 Å². The van der Waals surface area contributed by atoms with E-state index in [-0.39, 0.29) is 5.54 Å². The first kappa shape index (κ1) is 12.3. The van der Waals surface area contributed by atoms with Gasteiger partial charge in [-0.25, -0.2) is 0 Å². The van der Waals surface area contributed by atoms with Gasteiger partial charge in [0.15, 0.2) is 0 Å². The summed E-state index contributed by atoms with van der Waals surface area (Å²) in [7, 11) is 0. The molecule has 2 rings (SSSR count). The van der Waals surface area contributed by atoms with Crippen LogP contribution in [0.25, 0.3) is 0 Å². The molecule has 1 saturated carbocycles. The number of piperazine rings is 1. The molecule has 2 N–H and O–H groups in total. The fraction of sp³-hybridized carbons (Fsp3) is 1.00. The van der Waals surface area contributed by atoms with Crippen molar-refractivity contribution >= 4 is 0 Å². The highest BCUT2D eigenvalue weighted by Crippen LogP contribution is 2.38. The van der Waals surface area contributed by atoms with Crippen LogP contribution in [0.2, 0.25) is 0 Å². The van der Waals surface area contributed by atoms with E-state index in [0.717, 1.165) is 12.5 Å². The predicted octanol–water partition coefficient (Wildman–Crippen LogP) is 1.14. The standard InChI is InChI=1S/C13H27N3/c1-3-6-15-7-9-16(10-8-15)11-13(2,14)12-4-5-12/h12H,3-11,14H2,1-2H3. The topological polar surface area (TPSA) is 32.5 Å². The Morgan fingerprint density at radius 1 is 1.12 bits per heavy atom. The first-order valence-corrected chi connectivity index (χ1v) is 6.85. The van der Waals surface area contributed by atoms with Gasteiger partial charge in [0.25, 0.3) is 0 Å². The average molecular weight is 225 g/mol. The lowest BCUT2D eigenvalue weighted by atomic mass is 9.96. The Morgan fingerprint density at radius 2 is 1.69 bits per heavy atom. The van der Waals surface area contributed by atoms with Gasteiger partial charge in [0.05, 0.1) is 0 Å². The van der Waals surface area contributed by atoms with Gasteiger partial charge in [-0.05, 0) is 38.6 Å². The van der Waals surface area contributed by atoms with Crippen LogP contribution in [-0.2, 0) is 0 Å². The molecule has 1 heterocycles. The number of nitrogens with zero attached hydrogens (tertiary/aromatic N) is 2. The highest BCUT2D eigenvalue weighted by molar-refractivity contribution is 4.97. The summed E-state index contributed by atoms with van der Waals surface area (Å²) in [6, 6.07) is 0. The molecule has 2 fully saturated rings. The largest absolute Gasteiger partial charge is 0.324 e. The molecule has 2 aliphatic rings. The highest BCUT2D eigenvalue weighted by atomic mass is 15.3. The second-order valence-electron chi connectivity index (χ2n) is 5.90. The molecule has 0 bridgehead atoms. The minimum atomic E-state index is 0.0624. The van der Waals surface area contributed by atoms with E-state index in [1.54, 1.807) is 0 Å². The molecular formula is C13H27N3. The molecule has 0 aromatic carbocycles. The Labute approximate surface area is 100.0 Å². The van der Waals surface area contributed by atoms with Crippen LogP contribution in [0, 0.1) is 5.92 Å². The molecule has 0 radical (unpaired) electrons. The second kappa shape index (κ2) is 5.03. The molecule has 94 valence electrons. The van der Waals surface area contributed by atoms with E-state index in [4.69, 9.17) is 5.73 Å². The van der Waals surface area contributed by atoms with E-state index in [1.165, 1.54) is 52.0 Å². The van der Waals surface area contributed by atoms with Crippen LogP contribution in [0.15, 0.2) is 0 Å². The molecule has 1 unspecified atom stereocenters. The van der Waals surface area contributed by atoms with Crippen molar-refractivity contribution in [1.82, 2.24) is 9.80 Å². The lowest BCUT2D eigenvalue weighted by molar-refractivity contribution is 0.109. The van der Waals surface area contributed by atoms with Gasteiger partial charge in [0.2, 0.25) is 0 Å². The number of nitrogens with two attached hydrogens (primary N) is 1. The fourth-order valence-corrected chi connectivity index (χ4v) is 2.84. The van der Waals surface area contributed by atoms with Gasteiger partial charge in [0, 0.05) is 38.3 Å². The Bertz CT molecular complexity index is 215. The van der Waals surface area contributed by atoms with Crippen LogP contribution < -0.4 is 5.73 Å². The van der Waals surface area contributed by atoms with Gasteiger partial charge in [0.1, 0.15) is 0 Å². The maximum atomic E-state index is 6.39. The summed E-state index contributed by atoms with van der Waals surface area (Å²) < 4.78 is 0. The zero-order chi connectivity index (χ0) is 11.6. The van der Waals surface area contributed by atoms with E-state index in [0.29, 0.717) is 0 Å². The molecular weight excluding hydrogens is 198 g/mol. The number of hydrogen-bond donors (Lipinski definition) is 1. The quantitative estimate of drug-likeness (QED) is 0.761. The van der Waals surface area contributed by atoms with Gasteiger partial charge in [-0.2, -0.15) is 0 Å². The normalized spacial score (nSPS) is 27.9. The maximum Gasteiger partial charge on any atom is 0.0283 e. The number of rotatable bonds is 5. The molecule has 0 spiro atoms. The summed E-state index contributed by atoms with van der Waals surface area (Å²) in [5, 5.41) is 0. The SMILES string of the molecule is CCCN1CCN(CC(C)(N)C2CC2)CC1. The molecule has 3 heteroatoms. The summed E-state index contributed by atoms with van der Waals surface area (Å²) >= 11 is 0. The molecule has 0 aromatic heterocycles. The number of hydrogen-bond acceptors (Lipinski definition) is 3. The van der Waals surface area contributed by atoms with Gasteiger partial charge in [-0.3, -0.25) is 4.90 Å².